The lowest BCUT2D eigenvalue weighted by molar-refractivity contribution is -0.605. The second-order valence-corrected chi connectivity index (χ2v) is 2.90. The lowest BCUT2D eigenvalue weighted by atomic mass is 10.5. The molecule has 13 heteroatoms. The Hall–Kier alpha value is -0.430. The summed E-state index contributed by atoms with van der Waals surface area (Å²) in [5.41, 5.74) is -4.28. The van der Waals surface area contributed by atoms with E-state index in [1.807, 2.05) is 4.94 Å². The molecule has 0 saturated heterocycles. The van der Waals surface area contributed by atoms with Crippen molar-refractivity contribution in [3.8, 4) is 0 Å². The van der Waals surface area contributed by atoms with E-state index >= 15 is 0 Å². The van der Waals surface area contributed by atoms with Gasteiger partial charge in [0.15, 0.2) is 0 Å². The van der Waals surface area contributed by atoms with Gasteiger partial charge < -0.3 is 4.74 Å². The molecule has 0 aromatic heterocycles. The lowest BCUT2D eigenvalue weighted by Crippen LogP contribution is -2.56. The van der Waals surface area contributed by atoms with Gasteiger partial charge in [-0.3, -0.25) is 0 Å². The van der Waals surface area contributed by atoms with Gasteiger partial charge in [0.25, 0.3) is 0 Å². The van der Waals surface area contributed by atoms with Gasteiger partial charge in [0, 0.05) is 7.11 Å². The second-order valence-electron chi connectivity index (χ2n) is 2.45. The summed E-state index contributed by atoms with van der Waals surface area (Å²) in [5.74, 6) is -5.47. The van der Waals surface area contributed by atoms with E-state index in [1.165, 1.54) is 0 Å². The summed E-state index contributed by atoms with van der Waals surface area (Å²) in [6, 6.07) is 0. The minimum Gasteiger partial charge on any atom is -0.314 e. The van der Waals surface area contributed by atoms with Crippen LogP contribution in [0.2, 0.25) is 0 Å². The first-order chi connectivity index (χ1) is 7.79. The van der Waals surface area contributed by atoms with Crippen LogP contribution in [0.25, 0.3) is 0 Å². The fraction of sp³-hybridized carbons (Fsp3) is 1.00. The molecule has 2 atom stereocenters. The Morgan fingerprint density at radius 3 is 1.56 bits per heavy atom. The van der Waals surface area contributed by atoms with E-state index in [2.05, 4.69) is 25.8 Å². The number of hydrogen-bond donors (Lipinski definition) is 0. The van der Waals surface area contributed by atoms with E-state index in [9.17, 15) is 35.3 Å². The molecule has 0 spiro atoms. The van der Waals surface area contributed by atoms with E-state index in [-0.39, 0.29) is 0 Å². The Labute approximate surface area is 98.2 Å². The van der Waals surface area contributed by atoms with Crippen LogP contribution in [-0.2, 0) is 19.2 Å². The van der Waals surface area contributed by atoms with Crippen molar-refractivity contribution in [3.63, 3.8) is 0 Å². The molecule has 0 heterocycles. The SMILES string of the molecule is COC(F)(Cl)OC(OF)(OC(F)(F)F)C(F)(F)F. The zero-order valence-electron chi connectivity index (χ0n) is 8.03. The van der Waals surface area contributed by atoms with Gasteiger partial charge in [0.2, 0.25) is 0 Å². The molecule has 0 fully saturated rings. The summed E-state index contributed by atoms with van der Waals surface area (Å²) >= 11 is 4.41. The van der Waals surface area contributed by atoms with Crippen molar-refractivity contribution in [2.75, 3.05) is 7.11 Å². The average molecular weight is 315 g/mol. The smallest absolute Gasteiger partial charge is 0.314 e. The zero-order valence-corrected chi connectivity index (χ0v) is 8.79. The summed E-state index contributed by atoms with van der Waals surface area (Å²) in [7, 11) is 0.319. The molecule has 0 amide bonds. The van der Waals surface area contributed by atoms with E-state index in [1.54, 1.807) is 0 Å². The third-order valence-electron chi connectivity index (χ3n) is 1.19. The largest absolute Gasteiger partial charge is 0.527 e. The molecular weight excluding hydrogens is 311 g/mol. The van der Waals surface area contributed by atoms with Crippen molar-refractivity contribution in [1.82, 2.24) is 0 Å². The molecule has 0 aromatic carbocycles. The number of methoxy groups -OCH3 is 1. The van der Waals surface area contributed by atoms with Crippen LogP contribution in [0.4, 0.5) is 35.3 Å². The molecule has 0 bridgehead atoms. The number of hydrogen-bond acceptors (Lipinski definition) is 4. The molecule has 0 aliphatic rings. The van der Waals surface area contributed by atoms with Crippen molar-refractivity contribution in [3.05, 3.63) is 0 Å². The van der Waals surface area contributed by atoms with Crippen LogP contribution in [0, 0.1) is 0 Å². The summed E-state index contributed by atoms with van der Waals surface area (Å²) in [5, 5.41) is 0. The molecule has 18 heavy (non-hydrogen) atoms. The Morgan fingerprint density at radius 2 is 1.33 bits per heavy atom. The predicted molar refractivity (Wildman–Crippen MR) is 35.9 cm³/mol. The van der Waals surface area contributed by atoms with E-state index < -0.39 is 24.0 Å². The molecule has 0 rings (SSSR count). The highest BCUT2D eigenvalue weighted by Crippen LogP contribution is 2.44. The van der Waals surface area contributed by atoms with Crippen molar-refractivity contribution >= 4 is 11.6 Å². The van der Waals surface area contributed by atoms with Crippen molar-refractivity contribution in [2.45, 2.75) is 24.0 Å². The van der Waals surface area contributed by atoms with Crippen LogP contribution in [0.3, 0.4) is 0 Å². The summed E-state index contributed by atoms with van der Waals surface area (Å²) in [4.78, 5) is 1.92. The van der Waals surface area contributed by atoms with Crippen molar-refractivity contribution < 1.29 is 54.4 Å². The number of alkyl halides is 8. The van der Waals surface area contributed by atoms with Gasteiger partial charge >= 0.3 is 24.0 Å². The molecule has 0 aliphatic heterocycles. The third kappa shape index (κ3) is 4.68. The maximum absolute atomic E-state index is 12.7. The highest BCUT2D eigenvalue weighted by molar-refractivity contribution is 6.20. The molecule has 0 aliphatic carbocycles. The monoisotopic (exact) mass is 314 g/mol. The number of rotatable bonds is 5. The normalized spacial score (nSPS) is 20.3. The average Bonchev–Trinajstić information content (AvgIpc) is 2.12. The van der Waals surface area contributed by atoms with Crippen LogP contribution in [0.5, 0.6) is 0 Å². The van der Waals surface area contributed by atoms with E-state index in [0.29, 0.717) is 7.11 Å². The minimum atomic E-state index is -6.29. The second kappa shape index (κ2) is 5.28. The molecule has 0 saturated carbocycles. The minimum absolute atomic E-state index is 0.319. The van der Waals surface area contributed by atoms with Gasteiger partial charge in [-0.25, -0.2) is 9.47 Å². The fourth-order valence-corrected chi connectivity index (χ4v) is 0.664. The first-order valence-electron chi connectivity index (χ1n) is 3.55. The first kappa shape index (κ1) is 17.6. The van der Waals surface area contributed by atoms with Gasteiger partial charge in [-0.15, -0.1) is 18.1 Å². The maximum atomic E-state index is 12.7. The molecule has 0 radical (unpaired) electrons. The quantitative estimate of drug-likeness (QED) is 0.444. The standard InChI is InChI=1S/C5H3ClF8O4/c1-15-4(6,10)16-3(18-14,2(7,8)9)17-5(11,12)13/h1H3. The topological polar surface area (TPSA) is 36.9 Å². The third-order valence-corrected chi connectivity index (χ3v) is 1.42. The molecular formula is C5H3ClF8O4. The Kier molecular flexibility index (Phi) is 5.16. The van der Waals surface area contributed by atoms with E-state index in [0.717, 1.165) is 0 Å². The van der Waals surface area contributed by atoms with E-state index in [4.69, 9.17) is 0 Å². The summed E-state index contributed by atoms with van der Waals surface area (Å²) < 4.78 is 105. The van der Waals surface area contributed by atoms with Gasteiger partial charge in [0.05, 0.1) is 0 Å². The highest BCUT2D eigenvalue weighted by Gasteiger charge is 2.69. The Morgan fingerprint density at radius 1 is 0.889 bits per heavy atom. The lowest BCUT2D eigenvalue weighted by Gasteiger charge is -2.33. The molecule has 110 valence electrons. The first-order valence-corrected chi connectivity index (χ1v) is 3.93. The maximum Gasteiger partial charge on any atom is 0.527 e. The van der Waals surface area contributed by atoms with Gasteiger partial charge in [-0.05, 0) is 16.1 Å². The molecule has 2 unspecified atom stereocenters. The van der Waals surface area contributed by atoms with Crippen LogP contribution < -0.4 is 0 Å². The van der Waals surface area contributed by atoms with Gasteiger partial charge in [0.1, 0.15) is 0 Å². The van der Waals surface area contributed by atoms with Crippen LogP contribution in [0.15, 0.2) is 0 Å². The number of ether oxygens (including phenoxy) is 3. The van der Waals surface area contributed by atoms with Gasteiger partial charge in [-0.2, -0.15) is 17.6 Å². The molecule has 0 N–H and O–H groups in total. The van der Waals surface area contributed by atoms with Crippen molar-refractivity contribution in [2.24, 2.45) is 0 Å². The van der Waals surface area contributed by atoms with Crippen molar-refractivity contribution in [1.29, 1.82) is 0 Å². The molecule has 0 aromatic rings. The van der Waals surface area contributed by atoms with Gasteiger partial charge in [-0.1, -0.05) is 0 Å². The fourth-order valence-electron chi connectivity index (χ4n) is 0.562. The highest BCUT2D eigenvalue weighted by atomic mass is 35.5. The van der Waals surface area contributed by atoms with Crippen LogP contribution >= 0.6 is 11.6 Å². The Balaban J connectivity index is 5.40. The summed E-state index contributed by atoms with van der Waals surface area (Å²) in [6.07, 6.45) is -12.4. The Bertz CT molecular complexity index is 278. The van der Waals surface area contributed by atoms with Crippen LogP contribution in [0.1, 0.15) is 0 Å². The zero-order chi connectivity index (χ0) is 14.8. The molecule has 4 nitrogen and oxygen atoms in total. The van der Waals surface area contributed by atoms with Crippen LogP contribution in [-0.4, -0.2) is 31.1 Å². The summed E-state index contributed by atoms with van der Waals surface area (Å²) in [6.45, 7) is 0. The predicted octanol–water partition coefficient (Wildman–Crippen LogP) is 3.12. The number of halogens is 9.